The maximum Gasteiger partial charge on any atom is 0.332 e. The highest BCUT2D eigenvalue weighted by molar-refractivity contribution is 8.21. The fourth-order valence-corrected chi connectivity index (χ4v) is 10.5. The van der Waals surface area contributed by atoms with Crippen LogP contribution in [-0.4, -0.2) is 24.3 Å². The zero-order valence-electron chi connectivity index (χ0n) is 22.1. The van der Waals surface area contributed by atoms with Crippen molar-refractivity contribution < 1.29 is 14.3 Å². The lowest BCUT2D eigenvalue weighted by atomic mass is 9.44. The van der Waals surface area contributed by atoms with Crippen molar-refractivity contribution in [3.05, 3.63) is 71.2 Å². The summed E-state index contributed by atoms with van der Waals surface area (Å²) in [6.07, 6.45) is 8.04. The molecular formula is C32H38O3S. The monoisotopic (exact) mass is 502 g/mol. The first-order chi connectivity index (χ1) is 17.2. The predicted octanol–water partition coefficient (Wildman–Crippen LogP) is 7.71. The molecule has 4 heteroatoms. The molecule has 0 amide bonds. The van der Waals surface area contributed by atoms with E-state index in [1.807, 2.05) is 0 Å². The number of thiol groups is 1. The van der Waals surface area contributed by atoms with Crippen LogP contribution >= 0.6 is 10.9 Å². The minimum absolute atomic E-state index is 0.0116. The second kappa shape index (κ2) is 8.63. The predicted molar refractivity (Wildman–Crippen MR) is 147 cm³/mol. The number of hydrogen-bond acceptors (Lipinski definition) is 3. The molecule has 4 aliphatic rings. The van der Waals surface area contributed by atoms with Crippen molar-refractivity contribution in [3.8, 4) is 11.1 Å². The van der Waals surface area contributed by atoms with E-state index in [0.29, 0.717) is 11.8 Å². The van der Waals surface area contributed by atoms with Crippen molar-refractivity contribution in [1.29, 1.82) is 0 Å². The van der Waals surface area contributed by atoms with Crippen LogP contribution in [-0.2, 0) is 14.3 Å². The van der Waals surface area contributed by atoms with Gasteiger partial charge in [-0.1, -0.05) is 63.2 Å². The Morgan fingerprint density at radius 2 is 1.64 bits per heavy atom. The molecule has 3 nitrogen and oxygen atoms in total. The Morgan fingerprint density at radius 3 is 2.25 bits per heavy atom. The molecule has 3 aliphatic carbocycles. The van der Waals surface area contributed by atoms with Crippen molar-refractivity contribution in [1.82, 2.24) is 0 Å². The van der Waals surface area contributed by atoms with Gasteiger partial charge in [0.25, 0.3) is 0 Å². The van der Waals surface area contributed by atoms with E-state index in [2.05, 4.69) is 95.3 Å². The average Bonchev–Trinajstić information content (AvgIpc) is 3.17. The van der Waals surface area contributed by atoms with Crippen LogP contribution in [0.3, 0.4) is 0 Å². The fourth-order valence-electron chi connectivity index (χ4n) is 7.62. The van der Waals surface area contributed by atoms with Crippen LogP contribution in [0.25, 0.3) is 11.1 Å². The van der Waals surface area contributed by atoms with Crippen LogP contribution < -0.4 is 0 Å². The number of allylic oxidation sites excluding steroid dienone is 1. The molecule has 0 saturated heterocycles. The van der Waals surface area contributed by atoms with Gasteiger partial charge in [0.2, 0.25) is 0 Å². The lowest BCUT2D eigenvalue weighted by molar-refractivity contribution is -0.256. The summed E-state index contributed by atoms with van der Waals surface area (Å²) in [7, 11) is -0.580. The van der Waals surface area contributed by atoms with E-state index in [0.717, 1.165) is 12.8 Å². The molecule has 2 aromatic rings. The Balaban J connectivity index is 1.15. The highest BCUT2D eigenvalue weighted by atomic mass is 32.2. The Bertz CT molecular complexity index is 1230. The quantitative estimate of drug-likeness (QED) is 0.336. The van der Waals surface area contributed by atoms with Gasteiger partial charge in [-0.3, -0.25) is 0 Å². The summed E-state index contributed by atoms with van der Waals surface area (Å²) in [6.45, 7) is 11.1. The third-order valence-corrected chi connectivity index (χ3v) is 12.0. The number of carbonyl (C=O) groups excluding carboxylic acids is 1. The zero-order valence-corrected chi connectivity index (χ0v) is 23.0. The molecule has 6 unspecified atom stereocenters. The second-order valence-electron chi connectivity index (χ2n) is 12.0. The molecule has 0 radical (unpaired) electrons. The highest BCUT2D eigenvalue weighted by Gasteiger charge is 2.65. The Hall–Kier alpha value is -2.30. The number of benzene rings is 2. The van der Waals surface area contributed by atoms with Gasteiger partial charge in [0.15, 0.2) is 0 Å². The summed E-state index contributed by atoms with van der Waals surface area (Å²) in [6, 6.07) is 17.6. The lowest BCUT2D eigenvalue weighted by Gasteiger charge is -2.65. The lowest BCUT2D eigenvalue weighted by Crippen LogP contribution is -2.66. The van der Waals surface area contributed by atoms with Crippen LogP contribution in [0.15, 0.2) is 81.0 Å². The van der Waals surface area contributed by atoms with E-state index in [-0.39, 0.29) is 35.6 Å². The first-order valence-electron chi connectivity index (χ1n) is 13.4. The molecule has 2 fully saturated rings. The van der Waals surface area contributed by atoms with Crippen molar-refractivity contribution in [2.24, 2.45) is 23.2 Å². The van der Waals surface area contributed by atoms with E-state index < -0.39 is 10.9 Å². The van der Waals surface area contributed by atoms with Gasteiger partial charge >= 0.3 is 5.97 Å². The maximum atomic E-state index is 12.9. The number of fused-ring (bicyclic) bond motifs is 5. The standard InChI is InChI=1S/C32H38O3S/c1-20-14-23-18-31(4,17-20)32(23,5)35-29(33)19-34-30-21(2)15-24(16-22(30)3)36-27-12-8-6-10-25(27)26-11-7-9-13-28(26)36/h6-13,15-16,20-21,23,30,36H,14,17-19H2,1-5H3. The van der Waals surface area contributed by atoms with Gasteiger partial charge in [-0.15, -0.1) is 0 Å². The number of hydrogen-bond donors (Lipinski definition) is 1. The maximum absolute atomic E-state index is 12.9. The van der Waals surface area contributed by atoms with E-state index >= 15 is 0 Å². The SMILES string of the molecule is CC1=CC([SH]2c3ccccc3-c3ccccc32)=CC(C)C1OCC(=O)OC1(C)C2CC(C)CC1(C)C2. The molecule has 2 aromatic carbocycles. The average molecular weight is 503 g/mol. The number of ether oxygens (including phenoxy) is 2. The molecule has 1 aliphatic heterocycles. The minimum atomic E-state index is -0.580. The van der Waals surface area contributed by atoms with Gasteiger partial charge in [-0.05, 0) is 84.8 Å². The van der Waals surface area contributed by atoms with Gasteiger partial charge < -0.3 is 9.47 Å². The minimum Gasteiger partial charge on any atom is -0.457 e. The van der Waals surface area contributed by atoms with Crippen molar-refractivity contribution in [2.75, 3.05) is 6.61 Å². The Morgan fingerprint density at radius 1 is 1.00 bits per heavy atom. The van der Waals surface area contributed by atoms with Crippen LogP contribution in [0.1, 0.15) is 53.9 Å². The van der Waals surface area contributed by atoms with Crippen molar-refractivity contribution in [3.63, 3.8) is 0 Å². The smallest absolute Gasteiger partial charge is 0.332 e. The molecule has 2 saturated carbocycles. The van der Waals surface area contributed by atoms with Crippen LogP contribution in [0.4, 0.5) is 0 Å². The molecule has 1 heterocycles. The van der Waals surface area contributed by atoms with Crippen molar-refractivity contribution in [2.45, 2.75) is 75.4 Å². The summed E-state index contributed by atoms with van der Waals surface area (Å²) in [5.41, 5.74) is 3.66. The molecule has 6 rings (SSSR count). The van der Waals surface area contributed by atoms with Crippen LogP contribution in [0, 0.1) is 23.2 Å². The largest absolute Gasteiger partial charge is 0.457 e. The van der Waals surface area contributed by atoms with E-state index in [9.17, 15) is 4.79 Å². The van der Waals surface area contributed by atoms with Crippen LogP contribution in [0.5, 0.6) is 0 Å². The normalized spacial score (nSPS) is 35.2. The van der Waals surface area contributed by atoms with E-state index in [1.54, 1.807) is 0 Å². The fraction of sp³-hybridized carbons (Fsp3) is 0.469. The molecule has 0 aromatic heterocycles. The molecule has 0 spiro atoms. The second-order valence-corrected chi connectivity index (χ2v) is 14.2. The molecule has 36 heavy (non-hydrogen) atoms. The van der Waals surface area contributed by atoms with Gasteiger partial charge in [0.1, 0.15) is 12.2 Å². The summed E-state index contributed by atoms with van der Waals surface area (Å²) < 4.78 is 12.4. The third kappa shape index (κ3) is 3.63. The van der Waals surface area contributed by atoms with Crippen LogP contribution in [0.2, 0.25) is 0 Å². The number of carbonyl (C=O) groups is 1. The number of rotatable bonds is 5. The summed E-state index contributed by atoms with van der Waals surface area (Å²) in [5, 5.41) is 0. The molecular weight excluding hydrogens is 464 g/mol. The third-order valence-electron chi connectivity index (χ3n) is 9.44. The molecule has 6 atom stereocenters. The van der Waals surface area contributed by atoms with Crippen molar-refractivity contribution >= 4 is 16.9 Å². The zero-order chi connectivity index (χ0) is 25.2. The van der Waals surface area contributed by atoms with E-state index in [1.165, 1.54) is 37.8 Å². The van der Waals surface area contributed by atoms with Gasteiger partial charge in [0, 0.05) is 21.1 Å². The first-order valence-corrected chi connectivity index (χ1v) is 14.8. The Labute approximate surface area is 218 Å². The number of esters is 1. The summed E-state index contributed by atoms with van der Waals surface area (Å²) >= 11 is 0. The topological polar surface area (TPSA) is 35.5 Å². The van der Waals surface area contributed by atoms with Gasteiger partial charge in [-0.2, -0.15) is 10.9 Å². The molecule has 2 bridgehead atoms. The Kier molecular flexibility index (Phi) is 5.77. The van der Waals surface area contributed by atoms with E-state index in [4.69, 9.17) is 9.47 Å². The highest BCUT2D eigenvalue weighted by Crippen LogP contribution is 2.65. The van der Waals surface area contributed by atoms with Gasteiger partial charge in [-0.25, -0.2) is 4.79 Å². The molecule has 190 valence electrons. The summed E-state index contributed by atoms with van der Waals surface area (Å²) in [5.74, 6) is 1.17. The first kappa shape index (κ1) is 24.1. The van der Waals surface area contributed by atoms with Gasteiger partial charge in [0.05, 0.1) is 6.10 Å². The molecule has 0 N–H and O–H groups in total. The summed E-state index contributed by atoms with van der Waals surface area (Å²) in [4.78, 5) is 17.2.